The third-order valence-electron chi connectivity index (χ3n) is 5.94. The molecule has 8 nitrogen and oxygen atoms in total. The number of carbonyl (C=O) groups is 2. The summed E-state index contributed by atoms with van der Waals surface area (Å²) in [5.74, 6) is 0.246. The number of methoxy groups -OCH3 is 1. The zero-order valence-electron chi connectivity index (χ0n) is 16.1. The van der Waals surface area contributed by atoms with Crippen LogP contribution < -0.4 is 15.0 Å². The Morgan fingerprint density at radius 1 is 1.41 bits per heavy atom. The Kier molecular flexibility index (Phi) is 3.99. The van der Waals surface area contributed by atoms with Gasteiger partial charge in [-0.1, -0.05) is 35.5 Å². The molecule has 3 aliphatic heterocycles. The Bertz CT molecular complexity index is 1020. The van der Waals surface area contributed by atoms with Crippen LogP contribution in [0.3, 0.4) is 0 Å². The lowest BCUT2D eigenvalue weighted by atomic mass is 9.77. The molecule has 5 rings (SSSR count). The Labute approximate surface area is 167 Å². The van der Waals surface area contributed by atoms with Crippen LogP contribution in [0.15, 0.2) is 47.0 Å². The Balaban J connectivity index is 1.37. The number of nitrogens with one attached hydrogen (secondary N) is 1. The second kappa shape index (κ2) is 6.45. The van der Waals surface area contributed by atoms with Crippen LogP contribution in [0.5, 0.6) is 5.75 Å². The molecule has 1 spiro atoms. The highest BCUT2D eigenvalue weighted by atomic mass is 16.5. The quantitative estimate of drug-likeness (QED) is 0.773. The standard InChI is InChI=1S/C21H21N3O5/c1-12-9-16(23-29-12)24-11-21-8-7-15(28-21)17(18(21)20(24)26)19(25)22-10-13-5-3-4-6-14(13)27-2/h3-9,15,17-18H,10-11H2,1-2H3,(H,22,25)/t15-,17+,18-,21-/m1/s1. The van der Waals surface area contributed by atoms with Crippen molar-refractivity contribution in [3.63, 3.8) is 0 Å². The van der Waals surface area contributed by atoms with Gasteiger partial charge in [0.25, 0.3) is 0 Å². The molecule has 3 aliphatic rings. The minimum atomic E-state index is -0.791. The number of anilines is 1. The molecule has 150 valence electrons. The Morgan fingerprint density at radius 2 is 2.24 bits per heavy atom. The summed E-state index contributed by atoms with van der Waals surface area (Å²) in [7, 11) is 1.59. The number of carbonyl (C=O) groups excluding carboxylic acids is 2. The minimum absolute atomic E-state index is 0.164. The lowest BCUT2D eigenvalue weighted by Gasteiger charge is -2.23. The molecule has 1 aromatic carbocycles. The molecule has 4 atom stereocenters. The number of amides is 2. The summed E-state index contributed by atoms with van der Waals surface area (Å²) in [6, 6.07) is 9.22. The zero-order valence-corrected chi connectivity index (χ0v) is 16.1. The van der Waals surface area contributed by atoms with E-state index in [0.717, 1.165) is 5.56 Å². The molecule has 8 heteroatoms. The maximum atomic E-state index is 13.2. The number of aromatic nitrogens is 1. The van der Waals surface area contributed by atoms with Gasteiger partial charge < -0.3 is 19.3 Å². The van der Waals surface area contributed by atoms with E-state index in [0.29, 0.717) is 30.4 Å². The van der Waals surface area contributed by atoms with E-state index in [-0.39, 0.29) is 11.8 Å². The smallest absolute Gasteiger partial charge is 0.235 e. The van der Waals surface area contributed by atoms with Crippen molar-refractivity contribution in [2.75, 3.05) is 18.6 Å². The van der Waals surface area contributed by atoms with Gasteiger partial charge in [0, 0.05) is 18.2 Å². The maximum Gasteiger partial charge on any atom is 0.235 e. The Hall–Kier alpha value is -3.13. The number of para-hydroxylation sites is 1. The topological polar surface area (TPSA) is 93.9 Å². The van der Waals surface area contributed by atoms with Gasteiger partial charge in [0.1, 0.15) is 17.1 Å². The SMILES string of the molecule is COc1ccccc1CNC(=O)[C@H]1[C@H]2C=C[C@]3(CN(c4cc(C)on4)C(=O)[C@@H]13)O2. The maximum absolute atomic E-state index is 13.2. The number of ether oxygens (including phenoxy) is 2. The van der Waals surface area contributed by atoms with Crippen molar-refractivity contribution in [2.24, 2.45) is 11.8 Å². The fourth-order valence-electron chi connectivity index (χ4n) is 4.62. The molecule has 2 amide bonds. The number of rotatable bonds is 5. The van der Waals surface area contributed by atoms with Crippen molar-refractivity contribution in [1.29, 1.82) is 0 Å². The predicted molar refractivity (Wildman–Crippen MR) is 102 cm³/mol. The number of nitrogens with zero attached hydrogens (tertiary/aromatic N) is 2. The summed E-state index contributed by atoms with van der Waals surface area (Å²) in [5.41, 5.74) is 0.0799. The third-order valence-corrected chi connectivity index (χ3v) is 5.94. The number of hydrogen-bond donors (Lipinski definition) is 1. The molecule has 1 aromatic heterocycles. The van der Waals surface area contributed by atoms with Crippen molar-refractivity contribution in [1.82, 2.24) is 10.5 Å². The largest absolute Gasteiger partial charge is 0.496 e. The highest BCUT2D eigenvalue weighted by molar-refractivity contribution is 6.02. The molecular weight excluding hydrogens is 374 g/mol. The summed E-state index contributed by atoms with van der Waals surface area (Å²) in [6.07, 6.45) is 3.40. The van der Waals surface area contributed by atoms with Crippen LogP contribution in [0.1, 0.15) is 11.3 Å². The van der Waals surface area contributed by atoms with Crippen LogP contribution >= 0.6 is 0 Å². The lowest BCUT2D eigenvalue weighted by molar-refractivity contribution is -0.132. The van der Waals surface area contributed by atoms with E-state index in [1.807, 2.05) is 36.4 Å². The molecule has 2 saturated heterocycles. The second-order valence-corrected chi connectivity index (χ2v) is 7.65. The van der Waals surface area contributed by atoms with Gasteiger partial charge in [-0.05, 0) is 13.0 Å². The number of fused-ring (bicyclic) bond motifs is 1. The minimum Gasteiger partial charge on any atom is -0.496 e. The molecule has 0 unspecified atom stereocenters. The van der Waals surface area contributed by atoms with E-state index in [4.69, 9.17) is 14.0 Å². The van der Waals surface area contributed by atoms with Crippen LogP contribution in [-0.2, 0) is 20.9 Å². The Morgan fingerprint density at radius 3 is 3.00 bits per heavy atom. The highest BCUT2D eigenvalue weighted by Gasteiger charge is 2.67. The van der Waals surface area contributed by atoms with Crippen LogP contribution in [0, 0.1) is 18.8 Å². The second-order valence-electron chi connectivity index (χ2n) is 7.65. The monoisotopic (exact) mass is 395 g/mol. The van der Waals surface area contributed by atoms with Crippen molar-refractivity contribution in [2.45, 2.75) is 25.2 Å². The normalized spacial score (nSPS) is 29.4. The molecule has 2 aromatic rings. The number of benzene rings is 1. The molecule has 1 N–H and O–H groups in total. The molecule has 0 radical (unpaired) electrons. The molecule has 0 saturated carbocycles. The van der Waals surface area contributed by atoms with Crippen LogP contribution in [-0.4, -0.2) is 42.3 Å². The highest BCUT2D eigenvalue weighted by Crippen LogP contribution is 2.52. The molecular formula is C21H21N3O5. The molecule has 29 heavy (non-hydrogen) atoms. The average molecular weight is 395 g/mol. The summed E-state index contributed by atoms with van der Waals surface area (Å²) < 4.78 is 16.6. The van der Waals surface area contributed by atoms with Crippen LogP contribution in [0.25, 0.3) is 0 Å². The van der Waals surface area contributed by atoms with Gasteiger partial charge in [0.15, 0.2) is 5.82 Å². The lowest BCUT2D eigenvalue weighted by Crippen LogP contribution is -2.44. The van der Waals surface area contributed by atoms with Crippen molar-refractivity contribution in [3.8, 4) is 5.75 Å². The average Bonchev–Trinajstić information content (AvgIpc) is 3.47. The molecule has 2 fully saturated rings. The van der Waals surface area contributed by atoms with E-state index >= 15 is 0 Å². The molecule has 2 bridgehead atoms. The van der Waals surface area contributed by atoms with Gasteiger partial charge in [0.2, 0.25) is 11.8 Å². The third kappa shape index (κ3) is 2.66. The summed E-state index contributed by atoms with van der Waals surface area (Å²) in [4.78, 5) is 27.8. The fraction of sp³-hybridized carbons (Fsp3) is 0.381. The van der Waals surface area contributed by atoms with Crippen molar-refractivity contribution < 1.29 is 23.6 Å². The van der Waals surface area contributed by atoms with Gasteiger partial charge in [-0.2, -0.15) is 0 Å². The summed E-state index contributed by atoms with van der Waals surface area (Å²) in [6.45, 7) is 2.41. The van der Waals surface area contributed by atoms with E-state index in [1.54, 1.807) is 25.0 Å². The molecule has 0 aliphatic carbocycles. The number of aryl methyl sites for hydroxylation is 1. The molecule has 4 heterocycles. The first-order valence-corrected chi connectivity index (χ1v) is 9.54. The van der Waals surface area contributed by atoms with Crippen molar-refractivity contribution >= 4 is 17.6 Å². The predicted octanol–water partition coefficient (Wildman–Crippen LogP) is 1.59. The van der Waals surface area contributed by atoms with E-state index in [2.05, 4.69) is 10.5 Å². The fourth-order valence-corrected chi connectivity index (χ4v) is 4.62. The van der Waals surface area contributed by atoms with E-state index < -0.39 is 23.5 Å². The van der Waals surface area contributed by atoms with Crippen LogP contribution in [0.2, 0.25) is 0 Å². The van der Waals surface area contributed by atoms with Crippen molar-refractivity contribution in [3.05, 3.63) is 53.8 Å². The zero-order chi connectivity index (χ0) is 20.2. The van der Waals surface area contributed by atoms with Gasteiger partial charge in [-0.25, -0.2) is 0 Å². The first kappa shape index (κ1) is 17.9. The first-order valence-electron chi connectivity index (χ1n) is 9.54. The van der Waals surface area contributed by atoms with Gasteiger partial charge in [0.05, 0.1) is 31.6 Å². The van der Waals surface area contributed by atoms with Gasteiger partial charge in [-0.3, -0.25) is 14.5 Å². The number of hydrogen-bond acceptors (Lipinski definition) is 6. The summed E-state index contributed by atoms with van der Waals surface area (Å²) in [5, 5.41) is 6.91. The first-order chi connectivity index (χ1) is 14.0. The van der Waals surface area contributed by atoms with Gasteiger partial charge in [-0.15, -0.1) is 0 Å². The van der Waals surface area contributed by atoms with E-state index in [9.17, 15) is 9.59 Å². The summed E-state index contributed by atoms with van der Waals surface area (Å²) >= 11 is 0. The van der Waals surface area contributed by atoms with Gasteiger partial charge >= 0.3 is 0 Å². The van der Waals surface area contributed by atoms with E-state index in [1.165, 1.54) is 0 Å². The van der Waals surface area contributed by atoms with Crippen LogP contribution in [0.4, 0.5) is 5.82 Å².